The summed E-state index contributed by atoms with van der Waals surface area (Å²) < 4.78 is 24.6. The largest absolute Gasteiger partial charge is 0.347 e. The third-order valence-electron chi connectivity index (χ3n) is 5.11. The van der Waals surface area contributed by atoms with E-state index >= 15 is 0 Å². The van der Waals surface area contributed by atoms with Crippen molar-refractivity contribution in [3.63, 3.8) is 0 Å². The first-order chi connectivity index (χ1) is 10.7. The molecule has 1 spiro atoms. The van der Waals surface area contributed by atoms with Gasteiger partial charge in [-0.2, -0.15) is 0 Å². The predicted octanol–water partition coefficient (Wildman–Crippen LogP) is 2.97. The van der Waals surface area contributed by atoms with Gasteiger partial charge < -0.3 is 23.7 Å². The number of carbonyl (C=O) groups is 1. The van der Waals surface area contributed by atoms with E-state index in [1.807, 2.05) is 33.8 Å². The monoisotopic (exact) mass is 324 g/mol. The van der Waals surface area contributed by atoms with E-state index in [0.717, 1.165) is 24.7 Å². The summed E-state index contributed by atoms with van der Waals surface area (Å²) in [6.07, 6.45) is 5.06. The normalized spacial score (nSPS) is 42.0. The minimum absolute atomic E-state index is 0.0322. The highest BCUT2D eigenvalue weighted by molar-refractivity contribution is 5.52. The van der Waals surface area contributed by atoms with Gasteiger partial charge >= 0.3 is 0 Å². The SMILES string of the molecule is C/C(=C\CC=O)[C@H]1[C@@H]2OC(C)(C)O[C@@H]2CC[C@]12COC(C)(C)O2. The second-order valence-electron chi connectivity index (χ2n) is 7.86. The van der Waals surface area contributed by atoms with Crippen LogP contribution in [-0.2, 0) is 23.7 Å². The second kappa shape index (κ2) is 5.66. The lowest BCUT2D eigenvalue weighted by Gasteiger charge is -2.45. The fourth-order valence-electron chi connectivity index (χ4n) is 4.37. The lowest BCUT2D eigenvalue weighted by atomic mass is 9.69. The summed E-state index contributed by atoms with van der Waals surface area (Å²) in [5.41, 5.74) is 0.715. The van der Waals surface area contributed by atoms with E-state index in [2.05, 4.69) is 6.92 Å². The van der Waals surface area contributed by atoms with Crippen LogP contribution in [0.5, 0.6) is 0 Å². The number of rotatable bonds is 3. The van der Waals surface area contributed by atoms with Gasteiger partial charge in [0.1, 0.15) is 11.9 Å². The van der Waals surface area contributed by atoms with Crippen LogP contribution in [0.4, 0.5) is 0 Å². The molecule has 2 heterocycles. The molecule has 0 amide bonds. The van der Waals surface area contributed by atoms with E-state index in [0.29, 0.717) is 13.0 Å². The molecule has 5 nitrogen and oxygen atoms in total. The quantitative estimate of drug-likeness (QED) is 0.590. The van der Waals surface area contributed by atoms with Gasteiger partial charge in [0.2, 0.25) is 0 Å². The van der Waals surface area contributed by atoms with Gasteiger partial charge in [0, 0.05) is 12.3 Å². The molecule has 1 saturated carbocycles. The van der Waals surface area contributed by atoms with Crippen molar-refractivity contribution in [2.45, 2.75) is 83.3 Å². The van der Waals surface area contributed by atoms with Crippen LogP contribution in [0, 0.1) is 5.92 Å². The first kappa shape index (κ1) is 17.1. The third-order valence-corrected chi connectivity index (χ3v) is 5.11. The second-order valence-corrected chi connectivity index (χ2v) is 7.86. The van der Waals surface area contributed by atoms with Crippen LogP contribution in [0.1, 0.15) is 53.9 Å². The minimum atomic E-state index is -0.592. The number of carbonyl (C=O) groups excluding carboxylic acids is 1. The van der Waals surface area contributed by atoms with Crippen LogP contribution >= 0.6 is 0 Å². The van der Waals surface area contributed by atoms with Gasteiger partial charge in [-0.05, 0) is 47.5 Å². The van der Waals surface area contributed by atoms with Gasteiger partial charge in [-0.1, -0.05) is 11.6 Å². The zero-order chi connectivity index (χ0) is 16.9. The van der Waals surface area contributed by atoms with E-state index in [1.165, 1.54) is 0 Å². The maximum Gasteiger partial charge on any atom is 0.163 e. The molecule has 0 aromatic heterocycles. The van der Waals surface area contributed by atoms with Gasteiger partial charge in [-0.3, -0.25) is 0 Å². The van der Waals surface area contributed by atoms with Crippen molar-refractivity contribution >= 4 is 6.29 Å². The number of fused-ring (bicyclic) bond motifs is 1. The summed E-state index contributed by atoms with van der Waals surface area (Å²) in [6, 6.07) is 0. The molecule has 3 aliphatic rings. The van der Waals surface area contributed by atoms with Crippen molar-refractivity contribution in [3.05, 3.63) is 11.6 Å². The standard InChI is InChI=1S/C18H28O5/c1-12(7-6-10-19)14-15-13(21-17(4,5)22-15)8-9-18(14)11-20-16(2,3)23-18/h7,10,13-15H,6,8-9,11H2,1-5H3/b12-7+/t13-,14+,15-,18+/m1/s1. The molecule has 4 atom stereocenters. The fourth-order valence-corrected chi connectivity index (χ4v) is 4.37. The van der Waals surface area contributed by atoms with E-state index in [4.69, 9.17) is 18.9 Å². The Hall–Kier alpha value is -0.750. The minimum Gasteiger partial charge on any atom is -0.347 e. The molecule has 0 bridgehead atoms. The Labute approximate surface area is 138 Å². The van der Waals surface area contributed by atoms with Crippen LogP contribution in [0.15, 0.2) is 11.6 Å². The van der Waals surface area contributed by atoms with Crippen molar-refractivity contribution in [1.29, 1.82) is 0 Å². The highest BCUT2D eigenvalue weighted by Gasteiger charge is 2.61. The highest BCUT2D eigenvalue weighted by atomic mass is 16.8. The van der Waals surface area contributed by atoms with E-state index in [1.54, 1.807) is 0 Å². The van der Waals surface area contributed by atoms with E-state index in [-0.39, 0.29) is 18.1 Å². The summed E-state index contributed by atoms with van der Waals surface area (Å²) in [5.74, 6) is -1.14. The van der Waals surface area contributed by atoms with Gasteiger partial charge in [0.05, 0.1) is 18.8 Å². The Balaban J connectivity index is 1.95. The van der Waals surface area contributed by atoms with E-state index in [9.17, 15) is 4.79 Å². The molecule has 0 aromatic rings. The summed E-state index contributed by atoms with van der Waals surface area (Å²) in [5, 5.41) is 0. The van der Waals surface area contributed by atoms with Crippen molar-refractivity contribution in [2.75, 3.05) is 6.61 Å². The summed E-state index contributed by atoms with van der Waals surface area (Å²) in [6.45, 7) is 10.4. The molecule has 3 fully saturated rings. The van der Waals surface area contributed by atoms with Gasteiger partial charge in [0.15, 0.2) is 11.6 Å². The molecule has 5 heteroatoms. The Morgan fingerprint density at radius 3 is 2.52 bits per heavy atom. The Morgan fingerprint density at radius 2 is 1.91 bits per heavy atom. The molecule has 0 unspecified atom stereocenters. The maximum atomic E-state index is 10.8. The molecule has 130 valence electrons. The molecule has 0 N–H and O–H groups in total. The molecular formula is C18H28O5. The van der Waals surface area contributed by atoms with Gasteiger partial charge in [0.25, 0.3) is 0 Å². The number of aldehydes is 1. The summed E-state index contributed by atoms with van der Waals surface area (Å²) >= 11 is 0. The smallest absolute Gasteiger partial charge is 0.163 e. The molecule has 2 saturated heterocycles. The number of hydrogen-bond donors (Lipinski definition) is 0. The van der Waals surface area contributed by atoms with Crippen molar-refractivity contribution in [3.8, 4) is 0 Å². The average molecular weight is 324 g/mol. The average Bonchev–Trinajstić information content (AvgIpc) is 2.92. The Kier molecular flexibility index (Phi) is 4.20. The van der Waals surface area contributed by atoms with Crippen molar-refractivity contribution in [1.82, 2.24) is 0 Å². The molecule has 1 aliphatic carbocycles. The molecule has 3 rings (SSSR count). The van der Waals surface area contributed by atoms with Crippen LogP contribution in [0.3, 0.4) is 0 Å². The molecule has 2 aliphatic heterocycles. The molecule has 0 radical (unpaired) electrons. The van der Waals surface area contributed by atoms with Crippen LogP contribution in [0.25, 0.3) is 0 Å². The lowest BCUT2D eigenvalue weighted by molar-refractivity contribution is -0.192. The van der Waals surface area contributed by atoms with Gasteiger partial charge in [-0.15, -0.1) is 0 Å². The number of ether oxygens (including phenoxy) is 4. The topological polar surface area (TPSA) is 54.0 Å². The summed E-state index contributed by atoms with van der Waals surface area (Å²) in [4.78, 5) is 10.8. The Morgan fingerprint density at radius 1 is 1.17 bits per heavy atom. The van der Waals surface area contributed by atoms with Crippen molar-refractivity contribution in [2.24, 2.45) is 5.92 Å². The number of hydrogen-bond acceptors (Lipinski definition) is 5. The van der Waals surface area contributed by atoms with Crippen molar-refractivity contribution < 1.29 is 23.7 Å². The summed E-state index contributed by atoms with van der Waals surface area (Å²) in [7, 11) is 0. The first-order valence-corrected chi connectivity index (χ1v) is 8.48. The predicted molar refractivity (Wildman–Crippen MR) is 84.8 cm³/mol. The maximum absolute atomic E-state index is 10.8. The zero-order valence-electron chi connectivity index (χ0n) is 14.8. The Bertz CT molecular complexity index is 508. The molecule has 23 heavy (non-hydrogen) atoms. The number of allylic oxidation sites excluding steroid dienone is 1. The first-order valence-electron chi connectivity index (χ1n) is 8.48. The van der Waals surface area contributed by atoms with E-state index < -0.39 is 17.2 Å². The third kappa shape index (κ3) is 3.12. The molecular weight excluding hydrogens is 296 g/mol. The lowest BCUT2D eigenvalue weighted by Crippen LogP contribution is -2.55. The highest BCUT2D eigenvalue weighted by Crippen LogP contribution is 2.52. The van der Waals surface area contributed by atoms with Crippen LogP contribution in [-0.4, -0.2) is 42.3 Å². The van der Waals surface area contributed by atoms with Crippen LogP contribution in [0.2, 0.25) is 0 Å². The van der Waals surface area contributed by atoms with Gasteiger partial charge in [-0.25, -0.2) is 0 Å². The zero-order valence-corrected chi connectivity index (χ0v) is 14.8. The van der Waals surface area contributed by atoms with Crippen LogP contribution < -0.4 is 0 Å². The fraction of sp³-hybridized carbons (Fsp3) is 0.833. The molecule has 0 aromatic carbocycles.